The minimum Gasteiger partial charge on any atom is -0.330 e. The van der Waals surface area contributed by atoms with Gasteiger partial charge in [0.1, 0.15) is 0 Å². The first kappa shape index (κ1) is 14.3. The molecule has 0 aromatic rings. The van der Waals surface area contributed by atoms with Crippen LogP contribution in [0.5, 0.6) is 0 Å². The van der Waals surface area contributed by atoms with Gasteiger partial charge in [-0.3, -0.25) is 0 Å². The largest absolute Gasteiger partial charge is 0.330 e. The lowest BCUT2D eigenvalue weighted by Crippen LogP contribution is -2.24. The topological polar surface area (TPSA) is 60.2 Å². The van der Waals surface area contributed by atoms with Crippen molar-refractivity contribution in [3.63, 3.8) is 0 Å². The highest BCUT2D eigenvalue weighted by Crippen LogP contribution is 2.09. The summed E-state index contributed by atoms with van der Waals surface area (Å²) in [6.07, 6.45) is 1.33. The van der Waals surface area contributed by atoms with Crippen LogP contribution in [0.4, 0.5) is 0 Å². The lowest BCUT2D eigenvalue weighted by atomic mass is 10.3. The molecule has 0 spiro atoms. The lowest BCUT2D eigenvalue weighted by Gasteiger charge is -2.11. The summed E-state index contributed by atoms with van der Waals surface area (Å²) < 4.78 is 23.2. The zero-order valence-corrected chi connectivity index (χ0v) is 10.7. The molecule has 0 aromatic heterocycles. The zero-order chi connectivity index (χ0) is 11.0. The van der Waals surface area contributed by atoms with Crippen LogP contribution in [0.25, 0.3) is 0 Å². The molecule has 0 bridgehead atoms. The number of sulfone groups is 1. The molecule has 0 saturated heterocycles. The molecule has 0 saturated carbocycles. The van der Waals surface area contributed by atoms with Crippen molar-refractivity contribution in [3.05, 3.63) is 0 Å². The third-order valence-corrected chi connectivity index (χ3v) is 5.41. The van der Waals surface area contributed by atoms with E-state index in [2.05, 4.69) is 6.92 Å². The van der Waals surface area contributed by atoms with Gasteiger partial charge in [0.15, 0.2) is 9.84 Å². The minimum absolute atomic E-state index is 0.279. The maximum Gasteiger partial charge on any atom is 0.152 e. The number of hydrogen-bond acceptors (Lipinski definition) is 4. The molecule has 14 heavy (non-hydrogen) atoms. The Kier molecular flexibility index (Phi) is 7.68. The number of rotatable bonds is 8. The Labute approximate surface area is 91.7 Å². The minimum atomic E-state index is -2.90. The van der Waals surface area contributed by atoms with E-state index < -0.39 is 9.84 Å². The van der Waals surface area contributed by atoms with E-state index in [1.165, 1.54) is 0 Å². The van der Waals surface area contributed by atoms with Crippen LogP contribution in [-0.2, 0) is 9.84 Å². The zero-order valence-electron chi connectivity index (χ0n) is 9.03. The van der Waals surface area contributed by atoms with E-state index in [-0.39, 0.29) is 5.25 Å². The molecule has 0 radical (unpaired) electrons. The molecule has 1 atom stereocenters. The summed E-state index contributed by atoms with van der Waals surface area (Å²) in [7, 11) is -2.90. The Hall–Kier alpha value is 0.260. The Balaban J connectivity index is 3.83. The molecule has 0 aromatic carbocycles. The highest BCUT2D eigenvalue weighted by Gasteiger charge is 2.18. The number of hydrogen-bond donors (Lipinski definition) is 1. The summed E-state index contributed by atoms with van der Waals surface area (Å²) in [6, 6.07) is 0. The quantitative estimate of drug-likeness (QED) is 0.648. The molecule has 3 nitrogen and oxygen atoms in total. The second kappa shape index (κ2) is 7.54. The molecule has 5 heteroatoms. The lowest BCUT2D eigenvalue weighted by molar-refractivity contribution is 0.577. The maximum atomic E-state index is 11.6. The summed E-state index contributed by atoms with van der Waals surface area (Å²) >= 11 is 1.78. The third-order valence-electron chi connectivity index (χ3n) is 2.11. The first-order valence-electron chi connectivity index (χ1n) is 5.04. The molecule has 86 valence electrons. The second-order valence-electron chi connectivity index (χ2n) is 3.31. The Morgan fingerprint density at radius 2 is 2.07 bits per heavy atom. The van der Waals surface area contributed by atoms with Gasteiger partial charge in [-0.2, -0.15) is 11.8 Å². The highest BCUT2D eigenvalue weighted by atomic mass is 32.2. The van der Waals surface area contributed by atoms with Crippen molar-refractivity contribution < 1.29 is 8.42 Å². The van der Waals surface area contributed by atoms with E-state index in [4.69, 9.17) is 5.73 Å². The van der Waals surface area contributed by atoms with E-state index in [1.54, 1.807) is 18.7 Å². The number of nitrogens with two attached hydrogens (primary N) is 1. The number of thioether (sulfide) groups is 1. The van der Waals surface area contributed by atoms with E-state index in [1.807, 2.05) is 0 Å². The van der Waals surface area contributed by atoms with E-state index in [9.17, 15) is 8.42 Å². The second-order valence-corrected chi connectivity index (χ2v) is 7.24. The first-order valence-corrected chi connectivity index (χ1v) is 7.91. The van der Waals surface area contributed by atoms with Crippen LogP contribution in [0.1, 0.15) is 26.7 Å². The molecular weight excluding hydrogens is 218 g/mol. The molecule has 0 heterocycles. The van der Waals surface area contributed by atoms with Crippen LogP contribution < -0.4 is 5.73 Å². The van der Waals surface area contributed by atoms with Crippen molar-refractivity contribution in [2.24, 2.45) is 5.73 Å². The van der Waals surface area contributed by atoms with Crippen molar-refractivity contribution in [1.29, 1.82) is 0 Å². The van der Waals surface area contributed by atoms with Gasteiger partial charge >= 0.3 is 0 Å². The van der Waals surface area contributed by atoms with Crippen LogP contribution in [0.3, 0.4) is 0 Å². The van der Waals surface area contributed by atoms with Crippen molar-refractivity contribution >= 4 is 21.6 Å². The molecule has 1 unspecified atom stereocenters. The molecule has 2 N–H and O–H groups in total. The molecule has 0 rings (SSSR count). The third kappa shape index (κ3) is 5.88. The van der Waals surface area contributed by atoms with Gasteiger partial charge in [0.2, 0.25) is 0 Å². The fourth-order valence-electron chi connectivity index (χ4n) is 1.12. The molecule has 0 amide bonds. The fourth-order valence-corrected chi connectivity index (χ4v) is 3.39. The first-order chi connectivity index (χ1) is 6.54. The van der Waals surface area contributed by atoms with Crippen LogP contribution in [0.2, 0.25) is 0 Å². The van der Waals surface area contributed by atoms with Crippen LogP contribution in [-0.4, -0.2) is 37.5 Å². The van der Waals surface area contributed by atoms with Gasteiger partial charge in [0.25, 0.3) is 0 Å². The smallest absolute Gasteiger partial charge is 0.152 e. The van der Waals surface area contributed by atoms with E-state index >= 15 is 0 Å². The van der Waals surface area contributed by atoms with Crippen LogP contribution in [0.15, 0.2) is 0 Å². The summed E-state index contributed by atoms with van der Waals surface area (Å²) in [4.78, 5) is 0. The maximum absolute atomic E-state index is 11.6. The molecule has 0 aliphatic rings. The van der Waals surface area contributed by atoms with Crippen LogP contribution in [0, 0.1) is 0 Å². The van der Waals surface area contributed by atoms with Crippen molar-refractivity contribution in [1.82, 2.24) is 0 Å². The Morgan fingerprint density at radius 1 is 1.43 bits per heavy atom. The summed E-state index contributed by atoms with van der Waals surface area (Å²) in [6.45, 7) is 4.27. The Bertz CT molecular complexity index is 227. The van der Waals surface area contributed by atoms with Gasteiger partial charge in [-0.25, -0.2) is 8.42 Å². The average Bonchev–Trinajstić information content (AvgIpc) is 2.13. The summed E-state index contributed by atoms with van der Waals surface area (Å²) in [5.41, 5.74) is 5.33. The molecular formula is C9H21NO2S2. The van der Waals surface area contributed by atoms with Gasteiger partial charge in [-0.1, -0.05) is 6.92 Å². The van der Waals surface area contributed by atoms with Crippen molar-refractivity contribution in [3.8, 4) is 0 Å². The average molecular weight is 239 g/mol. The van der Waals surface area contributed by atoms with Gasteiger partial charge in [-0.15, -0.1) is 0 Å². The standard InChI is InChI=1S/C9H21NO2S2/c1-3-13-7-4-8-14(11,12)9(2)5-6-10/h9H,3-8,10H2,1-2H3. The Morgan fingerprint density at radius 3 is 2.57 bits per heavy atom. The van der Waals surface area contributed by atoms with Gasteiger partial charge < -0.3 is 5.73 Å². The van der Waals surface area contributed by atoms with Gasteiger partial charge in [0.05, 0.1) is 11.0 Å². The molecule has 0 aliphatic carbocycles. The molecule has 0 fully saturated rings. The van der Waals surface area contributed by atoms with Crippen LogP contribution >= 0.6 is 11.8 Å². The van der Waals surface area contributed by atoms with E-state index in [0.29, 0.717) is 18.7 Å². The van der Waals surface area contributed by atoms with Crippen molar-refractivity contribution in [2.75, 3.05) is 23.8 Å². The monoisotopic (exact) mass is 239 g/mol. The highest BCUT2D eigenvalue weighted by molar-refractivity contribution is 7.99. The van der Waals surface area contributed by atoms with E-state index in [0.717, 1.165) is 17.9 Å². The summed E-state index contributed by atoms with van der Waals surface area (Å²) in [5.74, 6) is 2.30. The van der Waals surface area contributed by atoms with Crippen molar-refractivity contribution in [2.45, 2.75) is 31.9 Å². The predicted octanol–water partition coefficient (Wildman–Crippen LogP) is 1.28. The SMILES string of the molecule is CCSCCCS(=O)(=O)C(C)CCN. The normalized spacial score (nSPS) is 14.2. The summed E-state index contributed by atoms with van der Waals surface area (Å²) in [5, 5.41) is -0.279. The fraction of sp³-hybridized carbons (Fsp3) is 1.00. The van der Waals surface area contributed by atoms with Gasteiger partial charge in [-0.05, 0) is 37.8 Å². The molecule has 0 aliphatic heterocycles. The predicted molar refractivity (Wildman–Crippen MR) is 64.5 cm³/mol. The van der Waals surface area contributed by atoms with Gasteiger partial charge in [0, 0.05) is 0 Å².